The number of methoxy groups -OCH3 is 1. The number of aromatic nitrogens is 2. The Bertz CT molecular complexity index is 544. The third-order valence-corrected chi connectivity index (χ3v) is 2.41. The Balaban J connectivity index is 2.50. The second-order valence-corrected chi connectivity index (χ2v) is 3.39. The predicted molar refractivity (Wildman–Crippen MR) is 61.5 cm³/mol. The molecule has 1 aromatic carbocycles. The van der Waals surface area contributed by atoms with Gasteiger partial charge in [-0.3, -0.25) is 9.36 Å². The van der Waals surface area contributed by atoms with Crippen LogP contribution in [0.5, 0.6) is 5.75 Å². The van der Waals surface area contributed by atoms with Gasteiger partial charge in [0.1, 0.15) is 11.6 Å². The molecule has 0 aliphatic heterocycles. The van der Waals surface area contributed by atoms with E-state index < -0.39 is 0 Å². The summed E-state index contributed by atoms with van der Waals surface area (Å²) in [6.07, 6.45) is 1.52. The van der Waals surface area contributed by atoms with Crippen molar-refractivity contribution in [1.29, 1.82) is 0 Å². The summed E-state index contributed by atoms with van der Waals surface area (Å²) in [4.78, 5) is 15.6. The molecule has 0 atom stereocenters. The van der Waals surface area contributed by atoms with Crippen molar-refractivity contribution in [3.63, 3.8) is 0 Å². The Kier molecular flexibility index (Phi) is 2.72. The van der Waals surface area contributed by atoms with Gasteiger partial charge in [-0.1, -0.05) is 0 Å². The first-order chi connectivity index (χ1) is 7.72. The van der Waals surface area contributed by atoms with Crippen LogP contribution < -0.4 is 10.3 Å². The zero-order valence-electron chi connectivity index (χ0n) is 9.18. The largest absolute Gasteiger partial charge is 0.497 e. The molecule has 0 bridgehead atoms. The van der Waals surface area contributed by atoms with Crippen molar-refractivity contribution in [2.45, 2.75) is 0 Å². The summed E-state index contributed by atoms with van der Waals surface area (Å²) in [7, 11) is 3.32. The zero-order valence-corrected chi connectivity index (χ0v) is 9.18. The first-order valence-electron chi connectivity index (χ1n) is 4.89. The maximum Gasteiger partial charge on any atom is 0.253 e. The lowest BCUT2D eigenvalue weighted by Gasteiger charge is -2.06. The molecule has 4 heteroatoms. The highest BCUT2D eigenvalue weighted by Crippen LogP contribution is 2.18. The maximum atomic E-state index is 11.4. The van der Waals surface area contributed by atoms with E-state index in [-0.39, 0.29) is 5.56 Å². The van der Waals surface area contributed by atoms with E-state index in [0.717, 1.165) is 11.3 Å². The topological polar surface area (TPSA) is 44.1 Å². The second kappa shape index (κ2) is 4.18. The highest BCUT2D eigenvalue weighted by molar-refractivity contribution is 5.56. The van der Waals surface area contributed by atoms with Gasteiger partial charge in [-0.2, -0.15) is 0 Å². The van der Waals surface area contributed by atoms with Gasteiger partial charge >= 0.3 is 0 Å². The molecule has 1 aromatic heterocycles. The monoisotopic (exact) mass is 216 g/mol. The van der Waals surface area contributed by atoms with E-state index in [1.807, 2.05) is 24.3 Å². The van der Waals surface area contributed by atoms with E-state index in [9.17, 15) is 4.79 Å². The zero-order chi connectivity index (χ0) is 11.5. The fourth-order valence-corrected chi connectivity index (χ4v) is 1.48. The van der Waals surface area contributed by atoms with Crippen LogP contribution in [0.3, 0.4) is 0 Å². The number of nitrogens with zero attached hydrogens (tertiary/aromatic N) is 2. The third-order valence-electron chi connectivity index (χ3n) is 2.41. The van der Waals surface area contributed by atoms with Crippen LogP contribution in [0.25, 0.3) is 11.4 Å². The van der Waals surface area contributed by atoms with Gasteiger partial charge in [-0.15, -0.1) is 0 Å². The van der Waals surface area contributed by atoms with E-state index in [1.54, 1.807) is 14.2 Å². The Morgan fingerprint density at radius 2 is 1.88 bits per heavy atom. The van der Waals surface area contributed by atoms with Crippen molar-refractivity contribution >= 4 is 0 Å². The molecule has 0 radical (unpaired) electrons. The van der Waals surface area contributed by atoms with E-state index >= 15 is 0 Å². The first kappa shape index (κ1) is 10.4. The van der Waals surface area contributed by atoms with Gasteiger partial charge in [0.25, 0.3) is 5.56 Å². The van der Waals surface area contributed by atoms with Crippen molar-refractivity contribution in [3.05, 3.63) is 46.9 Å². The molecule has 0 amide bonds. The number of hydrogen-bond donors (Lipinski definition) is 0. The standard InChI is InChI=1S/C12H12N2O2/c1-14-11(15)7-8-13-12(14)9-3-5-10(16-2)6-4-9/h3-8H,1-2H3. The van der Waals surface area contributed by atoms with Gasteiger partial charge in [-0.05, 0) is 24.3 Å². The quantitative estimate of drug-likeness (QED) is 0.763. The molecule has 1 heterocycles. The summed E-state index contributed by atoms with van der Waals surface area (Å²) in [5.41, 5.74) is 0.821. The molecule has 2 aromatic rings. The highest BCUT2D eigenvalue weighted by atomic mass is 16.5. The van der Waals surface area contributed by atoms with Crippen LogP contribution in [0.15, 0.2) is 41.3 Å². The smallest absolute Gasteiger partial charge is 0.253 e. The summed E-state index contributed by atoms with van der Waals surface area (Å²) in [6.45, 7) is 0. The van der Waals surface area contributed by atoms with Gasteiger partial charge in [0.05, 0.1) is 7.11 Å². The van der Waals surface area contributed by atoms with Crippen LogP contribution in [0.4, 0.5) is 0 Å². The molecule has 0 unspecified atom stereocenters. The van der Waals surface area contributed by atoms with Gasteiger partial charge in [0, 0.05) is 24.9 Å². The summed E-state index contributed by atoms with van der Waals surface area (Å²) >= 11 is 0. The molecular formula is C12H12N2O2. The van der Waals surface area contributed by atoms with Crippen LogP contribution in [-0.4, -0.2) is 16.7 Å². The fourth-order valence-electron chi connectivity index (χ4n) is 1.48. The van der Waals surface area contributed by atoms with E-state index in [1.165, 1.54) is 16.8 Å². The SMILES string of the molecule is COc1ccc(-c2nccc(=O)n2C)cc1. The lowest BCUT2D eigenvalue weighted by Crippen LogP contribution is -2.17. The van der Waals surface area contributed by atoms with Gasteiger partial charge in [0.15, 0.2) is 0 Å². The van der Waals surface area contributed by atoms with Gasteiger partial charge in [-0.25, -0.2) is 4.98 Å². The lowest BCUT2D eigenvalue weighted by atomic mass is 10.2. The molecule has 0 aliphatic rings. The molecule has 0 fully saturated rings. The summed E-state index contributed by atoms with van der Waals surface area (Å²) in [6, 6.07) is 8.87. The van der Waals surface area contributed by atoms with E-state index in [4.69, 9.17) is 4.74 Å². The van der Waals surface area contributed by atoms with E-state index in [0.29, 0.717) is 5.82 Å². The molecule has 82 valence electrons. The Morgan fingerprint density at radius 1 is 1.19 bits per heavy atom. The van der Waals surface area contributed by atoms with Crippen LogP contribution in [0.2, 0.25) is 0 Å². The van der Waals surface area contributed by atoms with E-state index in [2.05, 4.69) is 4.98 Å². The first-order valence-corrected chi connectivity index (χ1v) is 4.89. The highest BCUT2D eigenvalue weighted by Gasteiger charge is 2.03. The normalized spacial score (nSPS) is 10.1. The average molecular weight is 216 g/mol. The van der Waals surface area contributed by atoms with Crippen LogP contribution in [0, 0.1) is 0 Å². The molecule has 0 saturated heterocycles. The number of hydrogen-bond acceptors (Lipinski definition) is 3. The minimum Gasteiger partial charge on any atom is -0.497 e. The second-order valence-electron chi connectivity index (χ2n) is 3.39. The molecule has 0 saturated carbocycles. The molecule has 2 rings (SSSR count). The third kappa shape index (κ3) is 1.82. The number of ether oxygens (including phenoxy) is 1. The summed E-state index contributed by atoms with van der Waals surface area (Å²) < 4.78 is 6.59. The van der Waals surface area contributed by atoms with Crippen molar-refractivity contribution in [3.8, 4) is 17.1 Å². The molecule has 0 spiro atoms. The minimum absolute atomic E-state index is 0.0687. The van der Waals surface area contributed by atoms with Crippen LogP contribution in [-0.2, 0) is 7.05 Å². The number of rotatable bonds is 2. The van der Waals surface area contributed by atoms with Crippen molar-refractivity contribution in [2.24, 2.45) is 7.05 Å². The molecule has 0 N–H and O–H groups in total. The minimum atomic E-state index is -0.0687. The van der Waals surface area contributed by atoms with Crippen LogP contribution >= 0.6 is 0 Å². The summed E-state index contributed by atoms with van der Waals surface area (Å²) in [5.74, 6) is 1.43. The molecular weight excluding hydrogens is 204 g/mol. The van der Waals surface area contributed by atoms with Crippen molar-refractivity contribution in [1.82, 2.24) is 9.55 Å². The summed E-state index contributed by atoms with van der Waals surface area (Å²) in [5, 5.41) is 0. The molecule has 0 aliphatic carbocycles. The molecule has 16 heavy (non-hydrogen) atoms. The Labute approximate surface area is 93.1 Å². The van der Waals surface area contributed by atoms with Gasteiger partial charge in [0.2, 0.25) is 0 Å². The Hall–Kier alpha value is -2.10. The van der Waals surface area contributed by atoms with Crippen molar-refractivity contribution in [2.75, 3.05) is 7.11 Å². The van der Waals surface area contributed by atoms with Crippen LogP contribution in [0.1, 0.15) is 0 Å². The molecule has 4 nitrogen and oxygen atoms in total. The average Bonchev–Trinajstić information content (AvgIpc) is 2.33. The maximum absolute atomic E-state index is 11.4. The number of benzene rings is 1. The lowest BCUT2D eigenvalue weighted by molar-refractivity contribution is 0.415. The Morgan fingerprint density at radius 3 is 2.50 bits per heavy atom. The van der Waals surface area contributed by atoms with Crippen molar-refractivity contribution < 1.29 is 4.74 Å². The van der Waals surface area contributed by atoms with Gasteiger partial charge < -0.3 is 4.74 Å². The predicted octanol–water partition coefficient (Wildman–Crippen LogP) is 1.46. The fraction of sp³-hybridized carbons (Fsp3) is 0.167.